The van der Waals surface area contributed by atoms with E-state index in [0.717, 1.165) is 56.0 Å². The molecule has 0 bridgehead atoms. The minimum Gasteiger partial charge on any atom is -0.493 e. The van der Waals surface area contributed by atoms with Gasteiger partial charge < -0.3 is 28.4 Å². The van der Waals surface area contributed by atoms with Gasteiger partial charge in [0, 0.05) is 11.8 Å². The van der Waals surface area contributed by atoms with Crippen LogP contribution < -0.4 is 19.1 Å². The molecule has 1 N–H and O–H groups in total. The van der Waals surface area contributed by atoms with E-state index in [1.165, 1.54) is 0 Å². The number of quaternary nitrogens is 1. The van der Waals surface area contributed by atoms with Crippen LogP contribution in [0.2, 0.25) is 0 Å². The Hall–Kier alpha value is -3.10. The fraction of sp³-hybridized carbons (Fsp3) is 0.391. The molecule has 164 valence electrons. The number of para-hydroxylation sites is 2. The molecule has 0 amide bonds. The van der Waals surface area contributed by atoms with E-state index in [0.29, 0.717) is 23.2 Å². The smallest absolute Gasteiger partial charge is 0.230 e. The first-order valence-corrected chi connectivity index (χ1v) is 10.4. The van der Waals surface area contributed by atoms with E-state index in [4.69, 9.17) is 28.9 Å². The lowest BCUT2D eigenvalue weighted by Crippen LogP contribution is -3.14. The maximum absolute atomic E-state index is 5.48. The van der Waals surface area contributed by atoms with Gasteiger partial charge in [-0.2, -0.15) is 0 Å². The van der Waals surface area contributed by atoms with Gasteiger partial charge in [-0.25, -0.2) is 9.98 Å². The summed E-state index contributed by atoms with van der Waals surface area (Å²) in [5, 5.41) is 0. The van der Waals surface area contributed by atoms with Crippen LogP contribution in [0.3, 0.4) is 0 Å². The maximum atomic E-state index is 5.48. The molecule has 4 rings (SSSR count). The normalized spacial score (nSPS) is 14.9. The minimum absolute atomic E-state index is 0.558. The molecule has 31 heavy (non-hydrogen) atoms. The molecular weight excluding hydrogens is 396 g/mol. The SMILES string of the molecule is COc1cc(C=Nc2nc3ccccc3n2CC[NH+]2CCOCC2)cc(OC)c1OC. The topological polar surface area (TPSA) is 71.5 Å². The summed E-state index contributed by atoms with van der Waals surface area (Å²) < 4.78 is 24.0. The second kappa shape index (κ2) is 9.80. The Morgan fingerprint density at radius 1 is 1.06 bits per heavy atom. The summed E-state index contributed by atoms with van der Waals surface area (Å²) in [7, 11) is 4.80. The number of methoxy groups -OCH3 is 3. The Balaban J connectivity index is 1.64. The average molecular weight is 426 g/mol. The summed E-state index contributed by atoms with van der Waals surface area (Å²) in [5.74, 6) is 2.42. The predicted molar refractivity (Wildman–Crippen MR) is 119 cm³/mol. The molecule has 0 spiro atoms. The Kier molecular flexibility index (Phi) is 6.69. The zero-order chi connectivity index (χ0) is 21.6. The van der Waals surface area contributed by atoms with E-state index < -0.39 is 0 Å². The number of hydrogen-bond donors (Lipinski definition) is 1. The van der Waals surface area contributed by atoms with Crippen LogP contribution in [0.4, 0.5) is 5.95 Å². The summed E-state index contributed by atoms with van der Waals surface area (Å²) in [5.41, 5.74) is 2.87. The molecule has 2 heterocycles. The highest BCUT2D eigenvalue weighted by Gasteiger charge is 2.17. The Bertz CT molecular complexity index is 1030. The largest absolute Gasteiger partial charge is 0.493 e. The average Bonchev–Trinajstić information content (AvgIpc) is 3.18. The molecule has 0 saturated carbocycles. The molecule has 0 radical (unpaired) electrons. The van der Waals surface area contributed by atoms with Crippen molar-refractivity contribution in [1.29, 1.82) is 0 Å². The summed E-state index contributed by atoms with van der Waals surface area (Å²) >= 11 is 0. The van der Waals surface area contributed by atoms with Gasteiger partial charge in [-0.1, -0.05) is 12.1 Å². The number of fused-ring (bicyclic) bond motifs is 1. The minimum atomic E-state index is 0.558. The standard InChI is InChI=1S/C23H28N4O4/c1-28-20-14-17(15-21(29-2)22(20)30-3)16-24-23-25-18-6-4-5-7-19(18)27(23)9-8-26-10-12-31-13-11-26/h4-7,14-16H,8-13H2,1-3H3/p+1. The Morgan fingerprint density at radius 3 is 2.45 bits per heavy atom. The molecule has 0 atom stereocenters. The van der Waals surface area contributed by atoms with Crippen molar-refractivity contribution in [3.63, 3.8) is 0 Å². The van der Waals surface area contributed by atoms with Crippen LogP contribution in [0, 0.1) is 0 Å². The number of hydrogen-bond acceptors (Lipinski definition) is 6. The molecule has 0 aliphatic carbocycles. The van der Waals surface area contributed by atoms with E-state index >= 15 is 0 Å². The Morgan fingerprint density at radius 2 is 1.77 bits per heavy atom. The van der Waals surface area contributed by atoms with Crippen molar-refractivity contribution >= 4 is 23.2 Å². The summed E-state index contributed by atoms with van der Waals surface area (Å²) in [6, 6.07) is 11.9. The first kappa shape index (κ1) is 21.1. The highest BCUT2D eigenvalue weighted by atomic mass is 16.5. The van der Waals surface area contributed by atoms with Crippen molar-refractivity contribution in [2.75, 3.05) is 54.2 Å². The van der Waals surface area contributed by atoms with Gasteiger partial charge in [0.2, 0.25) is 11.7 Å². The monoisotopic (exact) mass is 425 g/mol. The van der Waals surface area contributed by atoms with Crippen molar-refractivity contribution in [3.05, 3.63) is 42.0 Å². The molecule has 2 aromatic carbocycles. The van der Waals surface area contributed by atoms with Gasteiger partial charge in [0.05, 0.1) is 58.7 Å². The van der Waals surface area contributed by atoms with Crippen LogP contribution in [0.25, 0.3) is 11.0 Å². The van der Waals surface area contributed by atoms with E-state index in [9.17, 15) is 0 Å². The zero-order valence-electron chi connectivity index (χ0n) is 18.3. The summed E-state index contributed by atoms with van der Waals surface area (Å²) in [6.45, 7) is 5.58. The molecule has 1 aromatic heterocycles. The van der Waals surface area contributed by atoms with E-state index in [-0.39, 0.29) is 0 Å². The number of aliphatic imine (C=N–C) groups is 1. The van der Waals surface area contributed by atoms with Gasteiger partial charge >= 0.3 is 0 Å². The molecule has 1 aliphatic rings. The van der Waals surface area contributed by atoms with Crippen molar-refractivity contribution in [2.45, 2.75) is 6.54 Å². The first-order chi connectivity index (χ1) is 15.2. The molecule has 1 saturated heterocycles. The van der Waals surface area contributed by atoms with Crippen molar-refractivity contribution in [3.8, 4) is 17.2 Å². The van der Waals surface area contributed by atoms with E-state index in [2.05, 4.69) is 10.6 Å². The number of imidazole rings is 1. The molecular formula is C23H29N4O4+. The number of benzene rings is 2. The van der Waals surface area contributed by atoms with Crippen LogP contribution in [-0.2, 0) is 11.3 Å². The van der Waals surface area contributed by atoms with Crippen LogP contribution in [0.1, 0.15) is 5.56 Å². The lowest BCUT2D eigenvalue weighted by atomic mass is 10.2. The molecule has 3 aromatic rings. The predicted octanol–water partition coefficient (Wildman–Crippen LogP) is 1.73. The number of morpholine rings is 1. The maximum Gasteiger partial charge on any atom is 0.230 e. The fourth-order valence-corrected chi connectivity index (χ4v) is 3.87. The second-order valence-corrected chi connectivity index (χ2v) is 7.38. The number of aromatic nitrogens is 2. The number of rotatable bonds is 8. The highest BCUT2D eigenvalue weighted by molar-refractivity contribution is 5.85. The quantitative estimate of drug-likeness (QED) is 0.557. The van der Waals surface area contributed by atoms with E-state index in [1.54, 1.807) is 32.4 Å². The van der Waals surface area contributed by atoms with Gasteiger partial charge in [0.25, 0.3) is 0 Å². The molecule has 1 fully saturated rings. The third kappa shape index (κ3) is 4.65. The summed E-state index contributed by atoms with van der Waals surface area (Å²) in [6.07, 6.45) is 1.78. The molecule has 0 unspecified atom stereocenters. The zero-order valence-corrected chi connectivity index (χ0v) is 18.3. The van der Waals surface area contributed by atoms with Crippen LogP contribution in [0.15, 0.2) is 41.4 Å². The third-order valence-electron chi connectivity index (χ3n) is 5.54. The van der Waals surface area contributed by atoms with Crippen molar-refractivity contribution in [2.24, 2.45) is 4.99 Å². The van der Waals surface area contributed by atoms with Crippen LogP contribution >= 0.6 is 0 Å². The molecule has 1 aliphatic heterocycles. The lowest BCUT2D eigenvalue weighted by molar-refractivity contribution is -0.908. The van der Waals surface area contributed by atoms with Crippen LogP contribution in [-0.4, -0.2) is 69.9 Å². The van der Waals surface area contributed by atoms with Crippen molar-refractivity contribution < 1.29 is 23.8 Å². The van der Waals surface area contributed by atoms with E-state index in [1.807, 2.05) is 30.3 Å². The highest BCUT2D eigenvalue weighted by Crippen LogP contribution is 2.37. The van der Waals surface area contributed by atoms with Gasteiger partial charge in [-0.15, -0.1) is 0 Å². The molecule has 8 heteroatoms. The summed E-state index contributed by atoms with van der Waals surface area (Å²) in [4.78, 5) is 11.0. The van der Waals surface area contributed by atoms with Gasteiger partial charge in [-0.3, -0.25) is 0 Å². The number of nitrogens with zero attached hydrogens (tertiary/aromatic N) is 3. The lowest BCUT2D eigenvalue weighted by Gasteiger charge is -2.24. The van der Waals surface area contributed by atoms with Crippen LogP contribution in [0.5, 0.6) is 17.2 Å². The Labute approximate surface area is 182 Å². The second-order valence-electron chi connectivity index (χ2n) is 7.38. The first-order valence-electron chi connectivity index (χ1n) is 10.4. The number of nitrogens with one attached hydrogen (secondary N) is 1. The van der Waals surface area contributed by atoms with Gasteiger partial charge in [0.15, 0.2) is 11.5 Å². The molecule has 8 nitrogen and oxygen atoms in total. The number of ether oxygens (including phenoxy) is 4. The third-order valence-corrected chi connectivity index (χ3v) is 5.54. The van der Waals surface area contributed by atoms with Gasteiger partial charge in [0.1, 0.15) is 13.1 Å². The van der Waals surface area contributed by atoms with Gasteiger partial charge in [-0.05, 0) is 24.3 Å². The fourth-order valence-electron chi connectivity index (χ4n) is 3.87. The van der Waals surface area contributed by atoms with Crippen molar-refractivity contribution in [1.82, 2.24) is 9.55 Å².